The number of rotatable bonds is 3. The topological polar surface area (TPSA) is 81.1 Å². The van der Waals surface area contributed by atoms with Crippen molar-refractivity contribution >= 4 is 15.7 Å². The van der Waals surface area contributed by atoms with Crippen molar-refractivity contribution in [3.63, 3.8) is 0 Å². The molecule has 20 heavy (non-hydrogen) atoms. The highest BCUT2D eigenvalue weighted by atomic mass is 32.2. The third-order valence-electron chi connectivity index (χ3n) is 3.52. The zero-order chi connectivity index (χ0) is 15.0. The van der Waals surface area contributed by atoms with Crippen molar-refractivity contribution in [3.05, 3.63) is 22.7 Å². The fraction of sp³-hybridized carbons (Fsp3) is 0.692. The number of aromatic nitrogens is 2. The van der Waals surface area contributed by atoms with Gasteiger partial charge in [0.05, 0.1) is 11.0 Å². The van der Waals surface area contributed by atoms with Crippen molar-refractivity contribution in [2.75, 3.05) is 17.6 Å². The van der Waals surface area contributed by atoms with Crippen LogP contribution in [0, 0.1) is 0 Å². The summed E-state index contributed by atoms with van der Waals surface area (Å²) in [6.45, 7) is 6.04. The van der Waals surface area contributed by atoms with Crippen molar-refractivity contribution in [3.8, 4) is 0 Å². The van der Waals surface area contributed by atoms with Gasteiger partial charge >= 0.3 is 0 Å². The molecule has 1 aliphatic rings. The van der Waals surface area contributed by atoms with Crippen LogP contribution in [0.3, 0.4) is 0 Å². The molecule has 1 atom stereocenters. The van der Waals surface area contributed by atoms with Crippen LogP contribution in [0.1, 0.15) is 33.6 Å². The second-order valence-corrected chi connectivity index (χ2v) is 8.53. The fourth-order valence-electron chi connectivity index (χ4n) is 2.36. The maximum Gasteiger partial charge on any atom is 0.293 e. The molecule has 1 unspecified atom stereocenters. The Morgan fingerprint density at radius 2 is 2.15 bits per heavy atom. The minimum atomic E-state index is -3.01. The molecule has 0 spiro atoms. The standard InChI is InChI=1S/C13H21N3O3S/c1-13(2,3)16-7-6-14-11(12(16)17)15-9-10-5-4-8-20(10,18)19/h6-7,10H,4-5,8-9H2,1-3H3,(H,14,15). The molecule has 1 aliphatic heterocycles. The molecule has 2 rings (SSSR count). The highest BCUT2D eigenvalue weighted by molar-refractivity contribution is 7.92. The highest BCUT2D eigenvalue weighted by Crippen LogP contribution is 2.20. The molecule has 2 heterocycles. The van der Waals surface area contributed by atoms with Crippen LogP contribution in [0.25, 0.3) is 0 Å². The Morgan fingerprint density at radius 3 is 2.70 bits per heavy atom. The van der Waals surface area contributed by atoms with E-state index in [4.69, 9.17) is 0 Å². The molecule has 0 aliphatic carbocycles. The van der Waals surface area contributed by atoms with Crippen LogP contribution in [-0.4, -0.2) is 35.5 Å². The molecule has 7 heteroatoms. The Hall–Kier alpha value is -1.37. The van der Waals surface area contributed by atoms with Gasteiger partial charge in [-0.05, 0) is 33.6 Å². The number of hydrogen-bond donors (Lipinski definition) is 1. The Balaban J connectivity index is 2.17. The number of hydrogen-bond acceptors (Lipinski definition) is 5. The third kappa shape index (κ3) is 3.03. The van der Waals surface area contributed by atoms with E-state index in [1.807, 2.05) is 20.8 Å². The van der Waals surface area contributed by atoms with Gasteiger partial charge in [0.25, 0.3) is 5.56 Å². The monoisotopic (exact) mass is 299 g/mol. The van der Waals surface area contributed by atoms with Crippen LogP contribution in [0.15, 0.2) is 17.2 Å². The molecule has 6 nitrogen and oxygen atoms in total. The van der Waals surface area contributed by atoms with E-state index >= 15 is 0 Å². The molecule has 0 amide bonds. The minimum absolute atomic E-state index is 0.213. The predicted octanol–water partition coefficient (Wildman–Crippen LogP) is 0.987. The summed E-state index contributed by atoms with van der Waals surface area (Å²) in [4.78, 5) is 16.3. The summed E-state index contributed by atoms with van der Waals surface area (Å²) < 4.78 is 25.1. The van der Waals surface area contributed by atoms with Crippen molar-refractivity contribution in [1.29, 1.82) is 0 Å². The Bertz CT molecular complexity index is 644. The van der Waals surface area contributed by atoms with Crippen molar-refractivity contribution in [2.24, 2.45) is 0 Å². The van der Waals surface area contributed by atoms with E-state index in [0.29, 0.717) is 12.8 Å². The summed E-state index contributed by atoms with van der Waals surface area (Å²) >= 11 is 0. The third-order valence-corrected chi connectivity index (χ3v) is 5.80. The minimum Gasteiger partial charge on any atom is -0.364 e. The lowest BCUT2D eigenvalue weighted by atomic mass is 10.1. The Kier molecular flexibility index (Phi) is 3.90. The molecule has 0 bridgehead atoms. The van der Waals surface area contributed by atoms with Gasteiger partial charge in [0.1, 0.15) is 0 Å². The Labute approximate surface area is 119 Å². The van der Waals surface area contributed by atoms with E-state index in [9.17, 15) is 13.2 Å². The van der Waals surface area contributed by atoms with Crippen LogP contribution in [0.4, 0.5) is 5.82 Å². The van der Waals surface area contributed by atoms with Crippen molar-refractivity contribution < 1.29 is 8.42 Å². The molecule has 1 aromatic heterocycles. The van der Waals surface area contributed by atoms with E-state index in [-0.39, 0.29) is 29.2 Å². The van der Waals surface area contributed by atoms with Crippen molar-refractivity contribution in [2.45, 2.75) is 44.4 Å². The largest absolute Gasteiger partial charge is 0.364 e. The van der Waals surface area contributed by atoms with E-state index in [1.54, 1.807) is 17.0 Å². The van der Waals surface area contributed by atoms with Crippen LogP contribution < -0.4 is 10.9 Å². The first kappa shape index (κ1) is 15.0. The van der Waals surface area contributed by atoms with Gasteiger partial charge in [-0.15, -0.1) is 0 Å². The average Bonchev–Trinajstić information content (AvgIpc) is 2.65. The van der Waals surface area contributed by atoms with E-state index < -0.39 is 15.1 Å². The second-order valence-electron chi connectivity index (χ2n) is 6.13. The lowest BCUT2D eigenvalue weighted by Crippen LogP contribution is -2.36. The summed E-state index contributed by atoms with van der Waals surface area (Å²) in [5.41, 5.74) is -0.564. The van der Waals surface area contributed by atoms with E-state index in [2.05, 4.69) is 10.3 Å². The SMILES string of the molecule is CC(C)(C)n1ccnc(NCC2CCCS2(=O)=O)c1=O. The molecule has 0 aromatic carbocycles. The molecule has 0 saturated carbocycles. The molecular weight excluding hydrogens is 278 g/mol. The van der Waals surface area contributed by atoms with Gasteiger partial charge in [-0.25, -0.2) is 13.4 Å². The number of sulfone groups is 1. The van der Waals surface area contributed by atoms with Crippen LogP contribution in [0.5, 0.6) is 0 Å². The summed E-state index contributed by atoms with van der Waals surface area (Å²) in [6, 6.07) is 0. The van der Waals surface area contributed by atoms with E-state index in [0.717, 1.165) is 0 Å². The predicted molar refractivity (Wildman–Crippen MR) is 78.8 cm³/mol. The second kappa shape index (κ2) is 5.20. The zero-order valence-electron chi connectivity index (χ0n) is 12.1. The summed E-state index contributed by atoms with van der Waals surface area (Å²) in [5, 5.41) is 2.49. The van der Waals surface area contributed by atoms with Gasteiger partial charge in [0, 0.05) is 24.5 Å². The molecule has 1 N–H and O–H groups in total. The number of nitrogens with zero attached hydrogens (tertiary/aromatic N) is 2. The molecule has 112 valence electrons. The highest BCUT2D eigenvalue weighted by Gasteiger charge is 2.31. The maximum absolute atomic E-state index is 12.3. The van der Waals surface area contributed by atoms with Gasteiger partial charge in [-0.3, -0.25) is 4.79 Å². The number of nitrogens with one attached hydrogen (secondary N) is 1. The normalized spacial score (nSPS) is 21.9. The van der Waals surface area contributed by atoms with Crippen molar-refractivity contribution in [1.82, 2.24) is 9.55 Å². The molecule has 0 radical (unpaired) electrons. The summed E-state index contributed by atoms with van der Waals surface area (Å²) in [7, 11) is -3.01. The van der Waals surface area contributed by atoms with Gasteiger partial charge in [-0.1, -0.05) is 0 Å². The first-order valence-electron chi connectivity index (χ1n) is 6.75. The molecule has 1 aromatic rings. The van der Waals surface area contributed by atoms with Gasteiger partial charge < -0.3 is 9.88 Å². The average molecular weight is 299 g/mol. The molecule has 1 saturated heterocycles. The van der Waals surface area contributed by atoms with Crippen LogP contribution >= 0.6 is 0 Å². The quantitative estimate of drug-likeness (QED) is 0.900. The Morgan fingerprint density at radius 1 is 1.45 bits per heavy atom. The smallest absolute Gasteiger partial charge is 0.293 e. The van der Waals surface area contributed by atoms with E-state index in [1.165, 1.54) is 0 Å². The van der Waals surface area contributed by atoms with Crippen LogP contribution in [-0.2, 0) is 15.4 Å². The lowest BCUT2D eigenvalue weighted by molar-refractivity contribution is 0.383. The first-order valence-corrected chi connectivity index (χ1v) is 8.47. The first-order chi connectivity index (χ1) is 9.22. The summed E-state index contributed by atoms with van der Waals surface area (Å²) in [5.74, 6) is 0.456. The summed E-state index contributed by atoms with van der Waals surface area (Å²) in [6.07, 6.45) is 4.54. The zero-order valence-corrected chi connectivity index (χ0v) is 12.9. The number of anilines is 1. The molecule has 1 fully saturated rings. The fourth-order valence-corrected chi connectivity index (χ4v) is 4.12. The van der Waals surface area contributed by atoms with Gasteiger partial charge in [0.2, 0.25) is 0 Å². The lowest BCUT2D eigenvalue weighted by Gasteiger charge is -2.22. The van der Waals surface area contributed by atoms with Gasteiger partial charge in [-0.2, -0.15) is 0 Å². The molecular formula is C13H21N3O3S. The maximum atomic E-state index is 12.3. The van der Waals surface area contributed by atoms with Gasteiger partial charge in [0.15, 0.2) is 15.7 Å². The van der Waals surface area contributed by atoms with Crippen LogP contribution in [0.2, 0.25) is 0 Å².